The number of nitrogens with zero attached hydrogens (tertiary/aromatic N) is 3. The van der Waals surface area contributed by atoms with Gasteiger partial charge in [-0.15, -0.1) is 0 Å². The fourth-order valence-electron chi connectivity index (χ4n) is 2.83. The Morgan fingerprint density at radius 3 is 3.14 bits per heavy atom. The summed E-state index contributed by atoms with van der Waals surface area (Å²) in [5.74, 6) is -0.00137. The van der Waals surface area contributed by atoms with Gasteiger partial charge in [0.05, 0.1) is 12.7 Å². The molecule has 7 nitrogen and oxygen atoms in total. The summed E-state index contributed by atoms with van der Waals surface area (Å²) in [7, 11) is 0. The number of piperidine rings is 1. The molecule has 7 heteroatoms. The van der Waals surface area contributed by atoms with Crippen LogP contribution in [0.25, 0.3) is 11.0 Å². The molecular formula is C15H19N5O2. The van der Waals surface area contributed by atoms with Crippen molar-refractivity contribution in [2.75, 3.05) is 19.6 Å². The number of pyridine rings is 1. The summed E-state index contributed by atoms with van der Waals surface area (Å²) >= 11 is 0. The summed E-state index contributed by atoms with van der Waals surface area (Å²) in [6.07, 6.45) is 3.70. The van der Waals surface area contributed by atoms with Gasteiger partial charge < -0.3 is 10.2 Å². The molecule has 0 aliphatic carbocycles. The molecule has 1 fully saturated rings. The van der Waals surface area contributed by atoms with Crippen LogP contribution in [-0.4, -0.2) is 51.5 Å². The first kappa shape index (κ1) is 14.5. The molecule has 2 amide bonds. The number of amides is 2. The molecular weight excluding hydrogens is 282 g/mol. The first-order valence-electron chi connectivity index (χ1n) is 7.45. The lowest BCUT2D eigenvalue weighted by Crippen LogP contribution is -2.44. The Kier molecular flexibility index (Phi) is 4.04. The van der Waals surface area contributed by atoms with Crippen LogP contribution in [0, 0.1) is 0 Å². The van der Waals surface area contributed by atoms with Crippen molar-refractivity contribution < 1.29 is 9.59 Å². The molecule has 22 heavy (non-hydrogen) atoms. The Balaban J connectivity index is 1.69. The molecule has 3 heterocycles. The van der Waals surface area contributed by atoms with E-state index in [9.17, 15) is 9.59 Å². The Labute approximate surface area is 128 Å². The third-order valence-corrected chi connectivity index (χ3v) is 4.00. The van der Waals surface area contributed by atoms with Gasteiger partial charge in [0, 0.05) is 37.0 Å². The number of fused-ring (bicyclic) bond motifs is 1. The van der Waals surface area contributed by atoms with E-state index in [2.05, 4.69) is 20.5 Å². The lowest BCUT2D eigenvalue weighted by atomic mass is 9.94. The van der Waals surface area contributed by atoms with Crippen molar-refractivity contribution in [2.45, 2.75) is 25.7 Å². The topological polar surface area (TPSA) is 91.0 Å². The van der Waals surface area contributed by atoms with Gasteiger partial charge in [0.1, 0.15) is 0 Å². The summed E-state index contributed by atoms with van der Waals surface area (Å²) < 4.78 is 0. The zero-order valence-electron chi connectivity index (χ0n) is 12.5. The fourth-order valence-corrected chi connectivity index (χ4v) is 2.83. The number of carbonyl (C=O) groups excluding carboxylic acids is 2. The zero-order chi connectivity index (χ0) is 15.5. The van der Waals surface area contributed by atoms with Crippen LogP contribution in [0.5, 0.6) is 0 Å². The molecule has 2 N–H and O–H groups in total. The maximum atomic E-state index is 12.1. The smallest absolute Gasteiger partial charge is 0.241 e. The average Bonchev–Trinajstić information content (AvgIpc) is 3.00. The lowest BCUT2D eigenvalue weighted by Gasteiger charge is -2.32. The number of hydrogen-bond donors (Lipinski definition) is 2. The number of hydrogen-bond acceptors (Lipinski definition) is 4. The summed E-state index contributed by atoms with van der Waals surface area (Å²) in [5.41, 5.74) is 1.76. The van der Waals surface area contributed by atoms with Gasteiger partial charge in [-0.05, 0) is 25.0 Å². The Bertz CT molecular complexity index is 696. The van der Waals surface area contributed by atoms with Gasteiger partial charge in [0.2, 0.25) is 11.8 Å². The van der Waals surface area contributed by atoms with E-state index in [0.717, 1.165) is 36.1 Å². The van der Waals surface area contributed by atoms with E-state index in [1.54, 1.807) is 6.20 Å². The minimum absolute atomic E-state index is 0.0393. The molecule has 0 saturated carbocycles. The van der Waals surface area contributed by atoms with E-state index in [1.807, 2.05) is 17.0 Å². The third kappa shape index (κ3) is 3.08. The van der Waals surface area contributed by atoms with Crippen molar-refractivity contribution in [3.8, 4) is 0 Å². The Morgan fingerprint density at radius 1 is 1.45 bits per heavy atom. The van der Waals surface area contributed by atoms with Gasteiger partial charge in [-0.25, -0.2) is 4.98 Å². The molecule has 2 aromatic rings. The first-order valence-corrected chi connectivity index (χ1v) is 7.45. The van der Waals surface area contributed by atoms with Crippen molar-refractivity contribution >= 4 is 22.8 Å². The molecule has 0 bridgehead atoms. The second-order valence-corrected chi connectivity index (χ2v) is 5.63. The van der Waals surface area contributed by atoms with Crippen LogP contribution >= 0.6 is 0 Å². The SMILES string of the molecule is CC(=O)NCC(=O)N1CCCC(c2ccc3cn[nH]c3n2)C1. The van der Waals surface area contributed by atoms with E-state index in [1.165, 1.54) is 6.92 Å². The average molecular weight is 301 g/mol. The van der Waals surface area contributed by atoms with Crippen molar-refractivity contribution in [1.82, 2.24) is 25.4 Å². The van der Waals surface area contributed by atoms with Gasteiger partial charge in [-0.3, -0.25) is 14.7 Å². The van der Waals surface area contributed by atoms with Crippen LogP contribution in [0.2, 0.25) is 0 Å². The molecule has 116 valence electrons. The summed E-state index contributed by atoms with van der Waals surface area (Å²) in [5, 5.41) is 10.4. The van der Waals surface area contributed by atoms with Gasteiger partial charge in [-0.2, -0.15) is 5.10 Å². The quantitative estimate of drug-likeness (QED) is 0.877. The second kappa shape index (κ2) is 6.13. The van der Waals surface area contributed by atoms with E-state index in [-0.39, 0.29) is 24.3 Å². The van der Waals surface area contributed by atoms with E-state index in [0.29, 0.717) is 6.54 Å². The van der Waals surface area contributed by atoms with Gasteiger partial charge in [0.15, 0.2) is 5.65 Å². The number of nitrogens with one attached hydrogen (secondary N) is 2. The highest BCUT2D eigenvalue weighted by Crippen LogP contribution is 2.26. The molecule has 1 atom stereocenters. The van der Waals surface area contributed by atoms with Gasteiger partial charge >= 0.3 is 0 Å². The van der Waals surface area contributed by atoms with E-state index in [4.69, 9.17) is 0 Å². The molecule has 1 aliphatic heterocycles. The normalized spacial score (nSPS) is 18.4. The van der Waals surface area contributed by atoms with Crippen molar-refractivity contribution in [3.05, 3.63) is 24.0 Å². The molecule has 2 aromatic heterocycles. The largest absolute Gasteiger partial charge is 0.347 e. The van der Waals surface area contributed by atoms with Gasteiger partial charge in [-0.1, -0.05) is 0 Å². The number of H-pyrrole nitrogens is 1. The fraction of sp³-hybridized carbons (Fsp3) is 0.467. The van der Waals surface area contributed by atoms with Crippen LogP contribution in [0.3, 0.4) is 0 Å². The van der Waals surface area contributed by atoms with Gasteiger partial charge in [0.25, 0.3) is 0 Å². The Hall–Kier alpha value is -2.44. The number of aromatic amines is 1. The predicted molar refractivity (Wildman–Crippen MR) is 81.1 cm³/mol. The zero-order valence-corrected chi connectivity index (χ0v) is 12.5. The molecule has 1 unspecified atom stereocenters. The molecule has 1 saturated heterocycles. The Morgan fingerprint density at radius 2 is 2.32 bits per heavy atom. The first-order chi connectivity index (χ1) is 10.6. The van der Waals surface area contributed by atoms with Crippen LogP contribution in [0.4, 0.5) is 0 Å². The minimum atomic E-state index is -0.187. The van der Waals surface area contributed by atoms with E-state index >= 15 is 0 Å². The highest BCUT2D eigenvalue weighted by molar-refractivity contribution is 5.83. The highest BCUT2D eigenvalue weighted by Gasteiger charge is 2.25. The second-order valence-electron chi connectivity index (χ2n) is 5.63. The van der Waals surface area contributed by atoms with Crippen molar-refractivity contribution in [3.63, 3.8) is 0 Å². The number of aromatic nitrogens is 3. The molecule has 0 aromatic carbocycles. The monoisotopic (exact) mass is 301 g/mol. The van der Waals surface area contributed by atoms with Crippen molar-refractivity contribution in [1.29, 1.82) is 0 Å². The van der Waals surface area contributed by atoms with Crippen LogP contribution in [0.1, 0.15) is 31.4 Å². The molecule has 1 aliphatic rings. The highest BCUT2D eigenvalue weighted by atomic mass is 16.2. The van der Waals surface area contributed by atoms with Crippen molar-refractivity contribution in [2.24, 2.45) is 0 Å². The third-order valence-electron chi connectivity index (χ3n) is 4.00. The standard InChI is InChI=1S/C15H19N5O2/c1-10(21)16-8-14(22)20-6-2-3-12(9-20)13-5-4-11-7-17-19-15(11)18-13/h4-5,7,12H,2-3,6,8-9H2,1H3,(H,16,21)(H,17,18,19). The van der Waals surface area contributed by atoms with Crippen LogP contribution in [-0.2, 0) is 9.59 Å². The molecule has 0 spiro atoms. The summed E-state index contributed by atoms with van der Waals surface area (Å²) in [6, 6.07) is 4.00. The number of likely N-dealkylation sites (tertiary alicyclic amines) is 1. The minimum Gasteiger partial charge on any atom is -0.347 e. The lowest BCUT2D eigenvalue weighted by molar-refractivity contribution is -0.133. The van der Waals surface area contributed by atoms with Crippen LogP contribution in [0.15, 0.2) is 18.3 Å². The van der Waals surface area contributed by atoms with E-state index < -0.39 is 0 Å². The molecule has 3 rings (SSSR count). The maximum Gasteiger partial charge on any atom is 0.241 e. The summed E-state index contributed by atoms with van der Waals surface area (Å²) in [4.78, 5) is 29.4. The predicted octanol–water partition coefficient (Wildman–Crippen LogP) is 0.800. The molecule has 0 radical (unpaired) electrons. The number of rotatable bonds is 3. The van der Waals surface area contributed by atoms with Crippen LogP contribution < -0.4 is 5.32 Å². The summed E-state index contributed by atoms with van der Waals surface area (Å²) in [6.45, 7) is 2.86. The number of carbonyl (C=O) groups is 2. The maximum absolute atomic E-state index is 12.1.